The minimum atomic E-state index is -3.28. The van der Waals surface area contributed by atoms with Gasteiger partial charge in [0.1, 0.15) is 5.15 Å². The number of H-pyrrole nitrogens is 1. The van der Waals surface area contributed by atoms with E-state index in [-0.39, 0.29) is 15.7 Å². The molecule has 0 unspecified atom stereocenters. The van der Waals surface area contributed by atoms with Crippen molar-refractivity contribution in [3.63, 3.8) is 0 Å². The number of hydrogen-bond donors (Lipinski definition) is 1. The Labute approximate surface area is 131 Å². The molecule has 0 aliphatic rings. The average molecular weight is 339 g/mol. The Morgan fingerprint density at radius 1 is 1.23 bits per heavy atom. The van der Waals surface area contributed by atoms with E-state index < -0.39 is 15.7 Å². The Hall–Kier alpha value is -1.92. The SMILES string of the molecule is Cc1nc(Cl)cc2[nH]c(-c3ccc(S(C)(=O)=O)cc3)c(F)c12. The third-order valence-corrected chi connectivity index (χ3v) is 4.76. The van der Waals surface area contributed by atoms with E-state index in [1.807, 2.05) is 0 Å². The van der Waals surface area contributed by atoms with Crippen LogP contribution in [0.4, 0.5) is 4.39 Å². The lowest BCUT2D eigenvalue weighted by atomic mass is 10.1. The van der Waals surface area contributed by atoms with Crippen LogP contribution in [-0.4, -0.2) is 24.6 Å². The van der Waals surface area contributed by atoms with Gasteiger partial charge in [0.05, 0.1) is 27.2 Å². The zero-order valence-corrected chi connectivity index (χ0v) is 13.4. The van der Waals surface area contributed by atoms with E-state index in [2.05, 4.69) is 9.97 Å². The molecule has 2 heterocycles. The van der Waals surface area contributed by atoms with Crippen LogP contribution in [0.15, 0.2) is 35.2 Å². The predicted octanol–water partition coefficient (Wildman–Crippen LogP) is 3.73. The first-order valence-corrected chi connectivity index (χ1v) is 8.69. The van der Waals surface area contributed by atoms with Crippen LogP contribution >= 0.6 is 11.6 Å². The minimum Gasteiger partial charge on any atom is -0.352 e. The quantitative estimate of drug-likeness (QED) is 0.724. The summed E-state index contributed by atoms with van der Waals surface area (Å²) in [5, 5.41) is 0.664. The van der Waals surface area contributed by atoms with Gasteiger partial charge in [0.15, 0.2) is 15.7 Å². The van der Waals surface area contributed by atoms with Gasteiger partial charge in [-0.3, -0.25) is 0 Å². The minimum absolute atomic E-state index is 0.189. The highest BCUT2D eigenvalue weighted by atomic mass is 35.5. The Morgan fingerprint density at radius 2 is 1.86 bits per heavy atom. The zero-order chi connectivity index (χ0) is 16.1. The van der Waals surface area contributed by atoms with E-state index in [4.69, 9.17) is 11.6 Å². The molecule has 0 saturated carbocycles. The van der Waals surface area contributed by atoms with Crippen molar-refractivity contribution in [2.45, 2.75) is 11.8 Å². The highest BCUT2D eigenvalue weighted by molar-refractivity contribution is 7.90. The van der Waals surface area contributed by atoms with E-state index in [1.54, 1.807) is 25.1 Å². The van der Waals surface area contributed by atoms with Crippen LogP contribution in [0.3, 0.4) is 0 Å². The molecule has 0 aliphatic heterocycles. The fourth-order valence-corrected chi connectivity index (χ4v) is 3.26. The summed E-state index contributed by atoms with van der Waals surface area (Å²) >= 11 is 5.88. The molecule has 7 heteroatoms. The van der Waals surface area contributed by atoms with E-state index in [9.17, 15) is 12.8 Å². The van der Waals surface area contributed by atoms with E-state index in [0.717, 1.165) is 6.26 Å². The topological polar surface area (TPSA) is 62.8 Å². The first-order valence-electron chi connectivity index (χ1n) is 6.42. The summed E-state index contributed by atoms with van der Waals surface area (Å²) in [4.78, 5) is 7.20. The number of halogens is 2. The van der Waals surface area contributed by atoms with Crippen molar-refractivity contribution in [2.75, 3.05) is 6.26 Å². The van der Waals surface area contributed by atoms with Gasteiger partial charge in [0.2, 0.25) is 0 Å². The fraction of sp³-hybridized carbons (Fsp3) is 0.133. The summed E-state index contributed by atoms with van der Waals surface area (Å²) in [6.07, 6.45) is 1.13. The standard InChI is InChI=1S/C15H12ClFN2O2S/c1-8-13-11(7-12(16)18-8)19-15(14(13)17)9-3-5-10(6-4-9)22(2,20)21/h3-7,19H,1-2H3. The summed E-state index contributed by atoms with van der Waals surface area (Å²) in [7, 11) is -3.28. The maximum absolute atomic E-state index is 14.6. The van der Waals surface area contributed by atoms with Crippen LogP contribution in [0, 0.1) is 12.7 Å². The number of hydrogen-bond acceptors (Lipinski definition) is 3. The molecule has 0 aliphatic carbocycles. The van der Waals surface area contributed by atoms with Gasteiger partial charge in [-0.1, -0.05) is 23.7 Å². The van der Waals surface area contributed by atoms with Crippen molar-refractivity contribution in [3.05, 3.63) is 47.0 Å². The number of aryl methyl sites for hydroxylation is 1. The van der Waals surface area contributed by atoms with Gasteiger partial charge in [-0.15, -0.1) is 0 Å². The van der Waals surface area contributed by atoms with Crippen LogP contribution in [0.5, 0.6) is 0 Å². The summed E-state index contributed by atoms with van der Waals surface area (Å²) in [5.41, 5.74) is 1.88. The molecule has 0 fully saturated rings. The van der Waals surface area contributed by atoms with Crippen LogP contribution < -0.4 is 0 Å². The molecule has 4 nitrogen and oxygen atoms in total. The number of rotatable bonds is 2. The Balaban J connectivity index is 2.18. The molecule has 0 atom stereocenters. The molecular formula is C15H12ClFN2O2S. The monoisotopic (exact) mass is 338 g/mol. The molecule has 0 bridgehead atoms. The first-order chi connectivity index (χ1) is 10.3. The van der Waals surface area contributed by atoms with Gasteiger partial charge in [0, 0.05) is 11.8 Å². The van der Waals surface area contributed by atoms with Gasteiger partial charge in [0.25, 0.3) is 0 Å². The molecule has 22 heavy (non-hydrogen) atoms. The molecular weight excluding hydrogens is 327 g/mol. The Kier molecular flexibility index (Phi) is 3.45. The van der Waals surface area contributed by atoms with Crippen LogP contribution in [0.2, 0.25) is 5.15 Å². The van der Waals surface area contributed by atoms with Crippen molar-refractivity contribution in [3.8, 4) is 11.3 Å². The number of aromatic amines is 1. The number of aromatic nitrogens is 2. The second-order valence-electron chi connectivity index (χ2n) is 5.06. The number of nitrogens with one attached hydrogen (secondary N) is 1. The Morgan fingerprint density at radius 3 is 2.45 bits per heavy atom. The van der Waals surface area contributed by atoms with Crippen LogP contribution in [0.1, 0.15) is 5.69 Å². The highest BCUT2D eigenvalue weighted by Gasteiger charge is 2.17. The van der Waals surface area contributed by atoms with E-state index in [0.29, 0.717) is 22.2 Å². The van der Waals surface area contributed by atoms with Gasteiger partial charge in [-0.2, -0.15) is 0 Å². The fourth-order valence-electron chi connectivity index (χ4n) is 2.39. The summed E-state index contributed by atoms with van der Waals surface area (Å²) in [5.74, 6) is -0.427. The van der Waals surface area contributed by atoms with Crippen molar-refractivity contribution in [1.29, 1.82) is 0 Å². The third-order valence-electron chi connectivity index (χ3n) is 3.44. The predicted molar refractivity (Wildman–Crippen MR) is 84.3 cm³/mol. The van der Waals surface area contributed by atoms with Gasteiger partial charge in [-0.25, -0.2) is 17.8 Å². The van der Waals surface area contributed by atoms with Crippen molar-refractivity contribution in [1.82, 2.24) is 9.97 Å². The van der Waals surface area contributed by atoms with Crippen molar-refractivity contribution >= 4 is 32.3 Å². The van der Waals surface area contributed by atoms with Gasteiger partial charge < -0.3 is 4.98 Å². The molecule has 0 spiro atoms. The molecule has 114 valence electrons. The zero-order valence-electron chi connectivity index (χ0n) is 11.8. The van der Waals surface area contributed by atoms with E-state index >= 15 is 0 Å². The first kappa shape index (κ1) is 15.0. The number of nitrogens with zero attached hydrogens (tertiary/aromatic N) is 1. The molecule has 2 aromatic heterocycles. The lowest BCUT2D eigenvalue weighted by Crippen LogP contribution is -1.96. The van der Waals surface area contributed by atoms with Gasteiger partial charge in [-0.05, 0) is 25.1 Å². The van der Waals surface area contributed by atoms with Crippen molar-refractivity contribution < 1.29 is 12.8 Å². The second kappa shape index (κ2) is 5.07. The van der Waals surface area contributed by atoms with E-state index in [1.165, 1.54) is 12.1 Å². The average Bonchev–Trinajstić information content (AvgIpc) is 2.75. The lowest BCUT2D eigenvalue weighted by molar-refractivity contribution is 0.602. The van der Waals surface area contributed by atoms with Crippen LogP contribution in [0.25, 0.3) is 22.2 Å². The molecule has 1 N–H and O–H groups in total. The van der Waals surface area contributed by atoms with Crippen molar-refractivity contribution in [2.24, 2.45) is 0 Å². The summed E-state index contributed by atoms with van der Waals surface area (Å²) in [6.45, 7) is 1.68. The summed E-state index contributed by atoms with van der Waals surface area (Å²) < 4.78 is 37.5. The second-order valence-corrected chi connectivity index (χ2v) is 7.47. The largest absolute Gasteiger partial charge is 0.352 e. The number of benzene rings is 1. The molecule has 3 aromatic rings. The normalized spacial score (nSPS) is 12.0. The highest BCUT2D eigenvalue weighted by Crippen LogP contribution is 2.31. The molecule has 0 amide bonds. The molecule has 0 radical (unpaired) electrons. The summed E-state index contributed by atoms with van der Waals surface area (Å²) in [6, 6.07) is 7.59. The van der Waals surface area contributed by atoms with Gasteiger partial charge >= 0.3 is 0 Å². The van der Waals surface area contributed by atoms with Crippen LogP contribution in [-0.2, 0) is 9.84 Å². The lowest BCUT2D eigenvalue weighted by Gasteiger charge is -2.01. The molecule has 0 saturated heterocycles. The molecule has 1 aromatic carbocycles. The number of fused-ring (bicyclic) bond motifs is 1. The molecule has 3 rings (SSSR count). The number of pyridine rings is 1. The maximum atomic E-state index is 14.6. The maximum Gasteiger partial charge on any atom is 0.175 e. The Bertz CT molecular complexity index is 979. The third kappa shape index (κ3) is 2.48. The smallest absolute Gasteiger partial charge is 0.175 e. The number of sulfone groups is 1.